The third kappa shape index (κ3) is 8.26. The summed E-state index contributed by atoms with van der Waals surface area (Å²) in [6.45, 7) is 0. The average Bonchev–Trinajstić information content (AvgIpc) is 2.95. The Morgan fingerprint density at radius 2 is 0.921 bits per heavy atom. The van der Waals surface area contributed by atoms with Gasteiger partial charge in [-0.2, -0.15) is 0 Å². The maximum atomic E-state index is 8.94. The van der Waals surface area contributed by atoms with Crippen molar-refractivity contribution < 1.29 is 10.0 Å². The molecule has 0 aliphatic carbocycles. The number of hydrogen-bond acceptors (Lipinski definition) is 2. The molecule has 6 aromatic rings. The lowest BCUT2D eigenvalue weighted by molar-refractivity contribution is 0.426. The average molecular weight is 738 g/mol. The molecular weight excluding hydrogens is 714 g/mol. The molecule has 0 aliphatic rings. The van der Waals surface area contributed by atoms with Gasteiger partial charge in [0, 0.05) is 12.5 Å². The molecule has 0 atom stereocenters. The molecule has 0 radical (unpaired) electrons. The summed E-state index contributed by atoms with van der Waals surface area (Å²) >= 11 is 9.08. The summed E-state index contributed by atoms with van der Waals surface area (Å²) in [6, 6.07) is 44.8. The summed E-state index contributed by atoms with van der Waals surface area (Å²) in [6.07, 6.45) is 0. The molecule has 0 unspecified atom stereocenters. The fourth-order valence-corrected chi connectivity index (χ4v) is 4.70. The van der Waals surface area contributed by atoms with Crippen molar-refractivity contribution in [3.63, 3.8) is 0 Å². The number of rotatable bonds is 2. The van der Waals surface area contributed by atoms with Crippen LogP contribution < -0.4 is 5.46 Å². The van der Waals surface area contributed by atoms with Gasteiger partial charge in [-0.15, -0.1) is 0 Å². The topological polar surface area (TPSA) is 40.5 Å². The summed E-state index contributed by atoms with van der Waals surface area (Å²) in [7, 11) is -1.38. The van der Waals surface area contributed by atoms with Gasteiger partial charge in [-0.05, 0) is 103 Å². The first kappa shape index (κ1) is 28.5. The number of hydrogen-bond donors (Lipinski definition) is 2. The van der Waals surface area contributed by atoms with Crippen LogP contribution in [0.25, 0.3) is 32.7 Å². The van der Waals surface area contributed by atoms with E-state index in [1.807, 2.05) is 42.5 Å². The van der Waals surface area contributed by atoms with E-state index in [0.29, 0.717) is 5.46 Å². The maximum absolute atomic E-state index is 8.94. The molecule has 0 saturated heterocycles. The third-order valence-electron chi connectivity index (χ3n) is 5.80. The Hall–Kier alpha value is -2.49. The molecule has 0 aliphatic heterocycles. The molecule has 6 aromatic carbocycles. The number of halogens is 3. The van der Waals surface area contributed by atoms with Crippen LogP contribution in [0.4, 0.5) is 0 Å². The Morgan fingerprint density at radius 3 is 1.45 bits per heavy atom. The number of benzene rings is 6. The lowest BCUT2D eigenvalue weighted by atomic mass is 9.79. The summed E-state index contributed by atoms with van der Waals surface area (Å²) in [5, 5.41) is 22.6. The fourth-order valence-electron chi connectivity index (χ4n) is 3.81. The first-order valence-corrected chi connectivity index (χ1v) is 14.6. The van der Waals surface area contributed by atoms with Crippen LogP contribution in [0.3, 0.4) is 0 Å². The molecule has 38 heavy (non-hydrogen) atoms. The fraction of sp³-hybridized carbons (Fsp3) is 0. The van der Waals surface area contributed by atoms with E-state index in [1.54, 1.807) is 12.1 Å². The predicted molar refractivity (Wildman–Crippen MR) is 178 cm³/mol. The van der Waals surface area contributed by atoms with Crippen molar-refractivity contribution in [2.45, 2.75) is 0 Å². The van der Waals surface area contributed by atoms with Gasteiger partial charge in [0.15, 0.2) is 0 Å². The molecule has 0 saturated carbocycles. The van der Waals surface area contributed by atoms with Crippen molar-refractivity contribution in [1.29, 1.82) is 0 Å². The Morgan fingerprint density at radius 1 is 0.474 bits per heavy atom. The highest BCUT2D eigenvalue weighted by molar-refractivity contribution is 14.1. The molecule has 0 heterocycles. The van der Waals surface area contributed by atoms with Gasteiger partial charge in [-0.25, -0.2) is 0 Å². The van der Waals surface area contributed by atoms with Gasteiger partial charge in [0.2, 0.25) is 0 Å². The van der Waals surface area contributed by atoms with Crippen LogP contribution in [-0.2, 0) is 0 Å². The predicted octanol–water partition coefficient (Wildman–Crippen LogP) is 8.84. The van der Waals surface area contributed by atoms with Crippen LogP contribution in [-0.4, -0.2) is 17.2 Å². The van der Waals surface area contributed by atoms with E-state index in [4.69, 9.17) is 10.0 Å². The Bertz CT molecular complexity index is 1600. The molecule has 2 N–H and O–H groups in total. The highest BCUT2D eigenvalue weighted by atomic mass is 127. The van der Waals surface area contributed by atoms with Gasteiger partial charge in [0.25, 0.3) is 0 Å². The van der Waals surface area contributed by atoms with Crippen molar-refractivity contribution in [1.82, 2.24) is 0 Å². The second kappa shape index (κ2) is 14.1. The summed E-state index contributed by atoms with van der Waals surface area (Å²) in [4.78, 5) is 0. The Kier molecular flexibility index (Phi) is 10.6. The SMILES string of the molecule is Brc1ccc(-c2ccc3ccccc3c2)cc1.Brc1ccc(I)cc1.OB(O)c1ccc2ccccc2c1. The van der Waals surface area contributed by atoms with Crippen LogP contribution in [0.15, 0.2) is 142 Å². The highest BCUT2D eigenvalue weighted by Crippen LogP contribution is 2.25. The molecule has 0 bridgehead atoms. The van der Waals surface area contributed by atoms with Crippen molar-refractivity contribution in [3.8, 4) is 11.1 Å². The standard InChI is InChI=1S/C16H11Br.C10H9BO2.C6H4BrI/c17-16-9-7-13(8-10-16)15-6-5-12-3-1-2-4-14(12)11-15;12-11(13)10-6-5-8-3-1-2-4-9(8)7-10;7-5-1-3-6(8)4-2-5/h1-11H;1-7,12-13H;1-4H. The van der Waals surface area contributed by atoms with E-state index < -0.39 is 7.12 Å². The number of fused-ring (bicyclic) bond motifs is 2. The van der Waals surface area contributed by atoms with Crippen molar-refractivity contribution in [3.05, 3.63) is 146 Å². The highest BCUT2D eigenvalue weighted by Gasteiger charge is 2.10. The van der Waals surface area contributed by atoms with Gasteiger partial charge >= 0.3 is 7.12 Å². The van der Waals surface area contributed by atoms with Crippen molar-refractivity contribution in [2.24, 2.45) is 0 Å². The minimum absolute atomic E-state index is 0.527. The molecule has 2 nitrogen and oxygen atoms in total. The third-order valence-corrected chi connectivity index (χ3v) is 7.58. The lowest BCUT2D eigenvalue weighted by Gasteiger charge is -2.04. The van der Waals surface area contributed by atoms with Crippen molar-refractivity contribution >= 4 is 88.6 Å². The van der Waals surface area contributed by atoms with Crippen LogP contribution in [0.1, 0.15) is 0 Å². The first-order valence-electron chi connectivity index (χ1n) is 11.9. The quantitative estimate of drug-likeness (QED) is 0.138. The molecule has 0 fully saturated rings. The van der Waals surface area contributed by atoms with Gasteiger partial charge < -0.3 is 10.0 Å². The molecule has 0 amide bonds. The Balaban J connectivity index is 0.000000142. The second-order valence-electron chi connectivity index (χ2n) is 8.49. The van der Waals surface area contributed by atoms with Crippen molar-refractivity contribution in [2.75, 3.05) is 0 Å². The van der Waals surface area contributed by atoms with Gasteiger partial charge in [-0.3, -0.25) is 0 Å². The van der Waals surface area contributed by atoms with E-state index in [9.17, 15) is 0 Å². The van der Waals surface area contributed by atoms with E-state index >= 15 is 0 Å². The van der Waals surface area contributed by atoms with Crippen LogP contribution in [0, 0.1) is 3.57 Å². The van der Waals surface area contributed by atoms with E-state index in [1.165, 1.54) is 25.5 Å². The minimum atomic E-state index is -1.38. The van der Waals surface area contributed by atoms with Gasteiger partial charge in [0.05, 0.1) is 0 Å². The molecular formula is C32H24BBr2IO2. The van der Waals surface area contributed by atoms with E-state index in [2.05, 4.69) is 133 Å². The van der Waals surface area contributed by atoms with Gasteiger partial charge in [-0.1, -0.05) is 123 Å². The maximum Gasteiger partial charge on any atom is 0.488 e. The first-order chi connectivity index (χ1) is 18.4. The zero-order valence-electron chi connectivity index (χ0n) is 20.3. The zero-order chi connectivity index (χ0) is 26.9. The van der Waals surface area contributed by atoms with E-state index in [-0.39, 0.29) is 0 Å². The molecule has 0 spiro atoms. The molecule has 6 heteroatoms. The minimum Gasteiger partial charge on any atom is -0.423 e. The van der Waals surface area contributed by atoms with Crippen LogP contribution >= 0.6 is 54.5 Å². The molecule has 6 rings (SSSR count). The monoisotopic (exact) mass is 736 g/mol. The molecule has 188 valence electrons. The second-order valence-corrected chi connectivity index (χ2v) is 11.6. The Labute approximate surface area is 253 Å². The zero-order valence-corrected chi connectivity index (χ0v) is 25.6. The van der Waals surface area contributed by atoms with Crippen LogP contribution in [0.5, 0.6) is 0 Å². The normalized spacial score (nSPS) is 10.2. The lowest BCUT2D eigenvalue weighted by Crippen LogP contribution is -2.29. The summed E-state index contributed by atoms with van der Waals surface area (Å²) in [5.41, 5.74) is 3.04. The smallest absolute Gasteiger partial charge is 0.423 e. The largest absolute Gasteiger partial charge is 0.488 e. The molecule has 0 aromatic heterocycles. The summed E-state index contributed by atoms with van der Waals surface area (Å²) < 4.78 is 3.52. The van der Waals surface area contributed by atoms with Gasteiger partial charge in [0.1, 0.15) is 0 Å². The van der Waals surface area contributed by atoms with Crippen LogP contribution in [0.2, 0.25) is 0 Å². The van der Waals surface area contributed by atoms with E-state index in [0.717, 1.165) is 19.7 Å². The summed E-state index contributed by atoms with van der Waals surface area (Å²) in [5.74, 6) is 0.